The first-order chi connectivity index (χ1) is 8.30. The standard InChI is InChI=1S/C12H22N2O2S/c1-3-4-12-13-11(10-17-12)9-14(5-7-15)6-8-16-2/h10,15H,3-9H2,1-2H3. The maximum absolute atomic E-state index is 9.00. The van der Waals surface area contributed by atoms with E-state index in [0.717, 1.165) is 31.6 Å². The summed E-state index contributed by atoms with van der Waals surface area (Å²) in [4.78, 5) is 6.75. The average Bonchev–Trinajstić information content (AvgIpc) is 2.74. The predicted octanol–water partition coefficient (Wildman–Crippen LogP) is 1.54. The molecule has 0 amide bonds. The summed E-state index contributed by atoms with van der Waals surface area (Å²) in [6.45, 7) is 5.32. The molecule has 5 heteroatoms. The van der Waals surface area contributed by atoms with Crippen LogP contribution in [0.3, 0.4) is 0 Å². The number of methoxy groups -OCH3 is 1. The summed E-state index contributed by atoms with van der Waals surface area (Å²) in [5.74, 6) is 0. The highest BCUT2D eigenvalue weighted by Gasteiger charge is 2.08. The highest BCUT2D eigenvalue weighted by atomic mass is 32.1. The number of aliphatic hydroxyl groups is 1. The summed E-state index contributed by atoms with van der Waals surface area (Å²) < 4.78 is 5.06. The van der Waals surface area contributed by atoms with Crippen LogP contribution in [-0.4, -0.2) is 48.4 Å². The molecule has 1 rings (SSSR count). The molecule has 0 radical (unpaired) electrons. The molecule has 0 aliphatic heterocycles. The van der Waals surface area contributed by atoms with E-state index in [1.54, 1.807) is 18.4 Å². The van der Waals surface area contributed by atoms with Crippen LogP contribution in [0.2, 0.25) is 0 Å². The molecular formula is C12H22N2O2S. The lowest BCUT2D eigenvalue weighted by molar-refractivity contribution is 0.126. The van der Waals surface area contributed by atoms with Gasteiger partial charge in [-0.05, 0) is 12.8 Å². The van der Waals surface area contributed by atoms with Gasteiger partial charge in [-0.15, -0.1) is 11.3 Å². The smallest absolute Gasteiger partial charge is 0.0928 e. The first kappa shape index (κ1) is 14.6. The minimum absolute atomic E-state index is 0.176. The number of aryl methyl sites for hydroxylation is 1. The molecule has 0 aliphatic carbocycles. The molecule has 1 N–H and O–H groups in total. The Morgan fingerprint density at radius 3 is 2.94 bits per heavy atom. The molecule has 0 bridgehead atoms. The largest absolute Gasteiger partial charge is 0.395 e. The number of aliphatic hydroxyl groups excluding tert-OH is 1. The van der Waals surface area contributed by atoms with Crippen molar-refractivity contribution in [2.45, 2.75) is 26.3 Å². The van der Waals surface area contributed by atoms with Gasteiger partial charge < -0.3 is 9.84 Å². The molecule has 0 spiro atoms. The van der Waals surface area contributed by atoms with Gasteiger partial charge in [0.2, 0.25) is 0 Å². The number of rotatable bonds is 9. The summed E-state index contributed by atoms with van der Waals surface area (Å²) >= 11 is 1.73. The summed E-state index contributed by atoms with van der Waals surface area (Å²) in [6, 6.07) is 0. The van der Waals surface area contributed by atoms with Crippen LogP contribution in [0.4, 0.5) is 0 Å². The first-order valence-corrected chi connectivity index (χ1v) is 6.93. The first-order valence-electron chi connectivity index (χ1n) is 6.05. The molecule has 0 aliphatic rings. The molecule has 0 fully saturated rings. The minimum atomic E-state index is 0.176. The lowest BCUT2D eigenvalue weighted by Crippen LogP contribution is -2.30. The van der Waals surface area contributed by atoms with Crippen molar-refractivity contribution in [1.29, 1.82) is 0 Å². The normalized spacial score (nSPS) is 11.3. The third-order valence-corrected chi connectivity index (χ3v) is 3.43. The van der Waals surface area contributed by atoms with E-state index in [1.165, 1.54) is 5.01 Å². The molecule has 17 heavy (non-hydrogen) atoms. The fourth-order valence-electron chi connectivity index (χ4n) is 1.61. The lowest BCUT2D eigenvalue weighted by Gasteiger charge is -2.19. The van der Waals surface area contributed by atoms with Gasteiger partial charge in [0, 0.05) is 32.1 Å². The summed E-state index contributed by atoms with van der Waals surface area (Å²) in [5.41, 5.74) is 1.10. The molecule has 0 unspecified atom stereocenters. The van der Waals surface area contributed by atoms with Crippen LogP contribution in [0.15, 0.2) is 5.38 Å². The van der Waals surface area contributed by atoms with Crippen LogP contribution >= 0.6 is 11.3 Å². The van der Waals surface area contributed by atoms with Crippen molar-refractivity contribution >= 4 is 11.3 Å². The molecule has 0 saturated heterocycles. The van der Waals surface area contributed by atoms with Crippen molar-refractivity contribution in [1.82, 2.24) is 9.88 Å². The summed E-state index contributed by atoms with van der Waals surface area (Å²) in [5, 5.41) is 12.3. The van der Waals surface area contributed by atoms with E-state index < -0.39 is 0 Å². The zero-order chi connectivity index (χ0) is 12.5. The second-order valence-corrected chi connectivity index (χ2v) is 4.92. The van der Waals surface area contributed by atoms with Crippen molar-refractivity contribution in [2.75, 3.05) is 33.4 Å². The number of aromatic nitrogens is 1. The van der Waals surface area contributed by atoms with Crippen LogP contribution in [0.5, 0.6) is 0 Å². The van der Waals surface area contributed by atoms with Crippen molar-refractivity contribution in [3.63, 3.8) is 0 Å². The Bertz CT molecular complexity index is 304. The van der Waals surface area contributed by atoms with E-state index in [0.29, 0.717) is 13.2 Å². The fraction of sp³-hybridized carbons (Fsp3) is 0.750. The maximum atomic E-state index is 9.00. The topological polar surface area (TPSA) is 45.6 Å². The average molecular weight is 258 g/mol. The van der Waals surface area contributed by atoms with Crippen LogP contribution in [0, 0.1) is 0 Å². The monoisotopic (exact) mass is 258 g/mol. The van der Waals surface area contributed by atoms with Gasteiger partial charge in [-0.1, -0.05) is 6.92 Å². The Labute approximate surface area is 107 Å². The molecule has 0 saturated carbocycles. The van der Waals surface area contributed by atoms with Gasteiger partial charge >= 0.3 is 0 Å². The highest BCUT2D eigenvalue weighted by molar-refractivity contribution is 7.09. The van der Waals surface area contributed by atoms with Crippen LogP contribution in [-0.2, 0) is 17.7 Å². The lowest BCUT2D eigenvalue weighted by atomic mass is 10.3. The van der Waals surface area contributed by atoms with Gasteiger partial charge in [0.1, 0.15) is 0 Å². The molecule has 0 atom stereocenters. The molecule has 1 aromatic rings. The fourth-order valence-corrected chi connectivity index (χ4v) is 2.50. The SMILES string of the molecule is CCCc1nc(CN(CCO)CCOC)cs1. The van der Waals surface area contributed by atoms with E-state index in [-0.39, 0.29) is 6.61 Å². The number of hydrogen-bond donors (Lipinski definition) is 1. The molecule has 98 valence electrons. The number of ether oxygens (including phenoxy) is 1. The molecule has 1 heterocycles. The summed E-state index contributed by atoms with van der Waals surface area (Å²) in [6.07, 6.45) is 2.19. The van der Waals surface area contributed by atoms with Gasteiger partial charge in [-0.3, -0.25) is 4.90 Å². The number of nitrogens with zero attached hydrogens (tertiary/aromatic N) is 2. The van der Waals surface area contributed by atoms with E-state index in [4.69, 9.17) is 9.84 Å². The number of hydrogen-bond acceptors (Lipinski definition) is 5. The minimum Gasteiger partial charge on any atom is -0.395 e. The second-order valence-electron chi connectivity index (χ2n) is 3.98. The zero-order valence-corrected chi connectivity index (χ0v) is 11.5. The van der Waals surface area contributed by atoms with Crippen LogP contribution < -0.4 is 0 Å². The van der Waals surface area contributed by atoms with E-state index >= 15 is 0 Å². The van der Waals surface area contributed by atoms with Gasteiger partial charge in [-0.25, -0.2) is 4.98 Å². The molecule has 4 nitrogen and oxygen atoms in total. The third kappa shape index (κ3) is 5.59. The Morgan fingerprint density at radius 1 is 1.47 bits per heavy atom. The molecular weight excluding hydrogens is 236 g/mol. The van der Waals surface area contributed by atoms with Crippen LogP contribution in [0.25, 0.3) is 0 Å². The van der Waals surface area contributed by atoms with E-state index in [9.17, 15) is 0 Å². The van der Waals surface area contributed by atoms with Gasteiger partial charge in [0.15, 0.2) is 0 Å². The number of thiazole rings is 1. The van der Waals surface area contributed by atoms with Gasteiger partial charge in [-0.2, -0.15) is 0 Å². The summed E-state index contributed by atoms with van der Waals surface area (Å²) in [7, 11) is 1.69. The van der Waals surface area contributed by atoms with Gasteiger partial charge in [0.25, 0.3) is 0 Å². The Morgan fingerprint density at radius 2 is 2.29 bits per heavy atom. The third-order valence-electron chi connectivity index (χ3n) is 2.48. The highest BCUT2D eigenvalue weighted by Crippen LogP contribution is 2.13. The van der Waals surface area contributed by atoms with Crippen LogP contribution in [0.1, 0.15) is 24.0 Å². The van der Waals surface area contributed by atoms with Crippen molar-refractivity contribution < 1.29 is 9.84 Å². The Balaban J connectivity index is 2.46. The second kappa shape index (κ2) is 8.58. The zero-order valence-electron chi connectivity index (χ0n) is 10.7. The maximum Gasteiger partial charge on any atom is 0.0928 e. The van der Waals surface area contributed by atoms with Crippen molar-refractivity contribution in [2.24, 2.45) is 0 Å². The van der Waals surface area contributed by atoms with Crippen molar-refractivity contribution in [3.05, 3.63) is 16.1 Å². The van der Waals surface area contributed by atoms with Crippen molar-refractivity contribution in [3.8, 4) is 0 Å². The predicted molar refractivity (Wildman–Crippen MR) is 70.3 cm³/mol. The van der Waals surface area contributed by atoms with Gasteiger partial charge in [0.05, 0.1) is 23.9 Å². The Hall–Kier alpha value is -0.490. The molecule has 0 aromatic carbocycles. The van der Waals surface area contributed by atoms with E-state index in [1.807, 2.05) is 0 Å². The Kier molecular flexibility index (Phi) is 7.35. The molecule has 1 aromatic heterocycles. The van der Waals surface area contributed by atoms with E-state index in [2.05, 4.69) is 22.2 Å². The quantitative estimate of drug-likeness (QED) is 0.730.